The molecule has 0 unspecified atom stereocenters. The van der Waals surface area contributed by atoms with Crippen molar-refractivity contribution >= 4 is 6.08 Å². The molecule has 0 amide bonds. The fourth-order valence-electron chi connectivity index (χ4n) is 1.22. The van der Waals surface area contributed by atoms with Gasteiger partial charge in [-0.05, 0) is 18.0 Å². The molecule has 0 heterocycles. The van der Waals surface area contributed by atoms with Gasteiger partial charge in [0.15, 0.2) is 0 Å². The number of azide groups is 1. The summed E-state index contributed by atoms with van der Waals surface area (Å²) in [7, 11) is 0. The van der Waals surface area contributed by atoms with Crippen molar-refractivity contribution in [1.29, 1.82) is 0 Å². The van der Waals surface area contributed by atoms with Gasteiger partial charge in [-0.15, -0.1) is 13.2 Å². The van der Waals surface area contributed by atoms with Gasteiger partial charge in [-0.25, -0.2) is 0 Å². The Hall–Kier alpha value is -2.14. The summed E-state index contributed by atoms with van der Waals surface area (Å²) in [5.41, 5.74) is 8.36. The Balaban J connectivity index is 2.73. The summed E-state index contributed by atoms with van der Waals surface area (Å²) in [4.78, 5) is 2.56. The summed E-state index contributed by atoms with van der Waals surface area (Å²) < 4.78 is 40.2. The Morgan fingerprint density at radius 3 is 2.72 bits per heavy atom. The van der Waals surface area contributed by atoms with Gasteiger partial charge in [-0.2, -0.15) is 0 Å². The van der Waals surface area contributed by atoms with Crippen LogP contribution in [-0.4, -0.2) is 12.9 Å². The predicted octanol–water partition coefficient (Wildman–Crippen LogP) is 4.30. The minimum Gasteiger partial charge on any atom is -0.405 e. The lowest BCUT2D eigenvalue weighted by Crippen LogP contribution is -2.17. The van der Waals surface area contributed by atoms with Gasteiger partial charge in [-0.3, -0.25) is 0 Å². The van der Waals surface area contributed by atoms with Crippen molar-refractivity contribution in [3.8, 4) is 5.75 Å². The van der Waals surface area contributed by atoms with E-state index in [2.05, 4.69) is 14.8 Å². The van der Waals surface area contributed by atoms with E-state index >= 15 is 0 Å². The van der Waals surface area contributed by atoms with Crippen LogP contribution in [0.2, 0.25) is 0 Å². The number of alkyl halides is 3. The molecule has 0 spiro atoms. The average Bonchev–Trinajstić information content (AvgIpc) is 2.29. The van der Waals surface area contributed by atoms with Gasteiger partial charge in [0.25, 0.3) is 0 Å². The molecule has 0 aliphatic rings. The third-order valence-corrected chi connectivity index (χ3v) is 1.90. The molecule has 0 fully saturated rings. The van der Waals surface area contributed by atoms with Crippen LogP contribution in [0.5, 0.6) is 5.75 Å². The summed E-state index contributed by atoms with van der Waals surface area (Å²) in [6.07, 6.45) is -1.15. The van der Waals surface area contributed by atoms with E-state index in [1.54, 1.807) is 12.1 Å². The van der Waals surface area contributed by atoms with Crippen LogP contribution in [0.4, 0.5) is 13.2 Å². The monoisotopic (exact) mass is 257 g/mol. The van der Waals surface area contributed by atoms with Crippen LogP contribution >= 0.6 is 0 Å². The minimum atomic E-state index is -4.71. The van der Waals surface area contributed by atoms with Crippen molar-refractivity contribution in [2.45, 2.75) is 12.8 Å². The summed E-state index contributed by atoms with van der Waals surface area (Å²) in [6, 6.07) is 5.81. The average molecular weight is 257 g/mol. The maximum atomic E-state index is 12.1. The van der Waals surface area contributed by atoms with E-state index in [-0.39, 0.29) is 12.3 Å². The largest absolute Gasteiger partial charge is 0.573 e. The van der Waals surface area contributed by atoms with Crippen molar-refractivity contribution in [2.24, 2.45) is 5.11 Å². The van der Waals surface area contributed by atoms with Crippen LogP contribution in [0.25, 0.3) is 16.5 Å². The van der Waals surface area contributed by atoms with Gasteiger partial charge in [-0.1, -0.05) is 35.5 Å². The first-order valence-electron chi connectivity index (χ1n) is 5.05. The summed E-state index contributed by atoms with van der Waals surface area (Å²) in [5, 5.41) is 3.30. The lowest BCUT2D eigenvalue weighted by Gasteiger charge is -2.10. The zero-order valence-corrected chi connectivity index (χ0v) is 9.26. The number of nitrogens with zero attached hydrogens (tertiary/aromatic N) is 3. The SMILES string of the molecule is [N-]=[N+]=NCCC=Cc1ccccc1OC(F)(F)F. The second kappa shape index (κ2) is 6.56. The number of halogens is 3. The Labute approximate surface area is 101 Å². The maximum absolute atomic E-state index is 12.1. The van der Waals surface area contributed by atoms with Crippen molar-refractivity contribution in [1.82, 2.24) is 0 Å². The molecule has 0 radical (unpaired) electrons. The number of para-hydroxylation sites is 1. The second-order valence-electron chi connectivity index (χ2n) is 3.23. The Morgan fingerprint density at radius 2 is 2.06 bits per heavy atom. The molecule has 0 N–H and O–H groups in total. The number of benzene rings is 1. The van der Waals surface area contributed by atoms with Crippen molar-refractivity contribution in [2.75, 3.05) is 6.54 Å². The van der Waals surface area contributed by atoms with Gasteiger partial charge in [0.2, 0.25) is 0 Å². The molecular formula is C11H10F3N3O. The van der Waals surface area contributed by atoms with Crippen molar-refractivity contribution < 1.29 is 17.9 Å². The van der Waals surface area contributed by atoms with Gasteiger partial charge in [0.1, 0.15) is 5.75 Å². The van der Waals surface area contributed by atoms with E-state index < -0.39 is 6.36 Å². The molecule has 1 aromatic rings. The highest BCUT2D eigenvalue weighted by Gasteiger charge is 2.31. The molecule has 7 heteroatoms. The van der Waals surface area contributed by atoms with Gasteiger partial charge >= 0.3 is 6.36 Å². The highest BCUT2D eigenvalue weighted by molar-refractivity contribution is 5.57. The molecule has 0 bridgehead atoms. The number of rotatable bonds is 5. The maximum Gasteiger partial charge on any atom is 0.573 e. The summed E-state index contributed by atoms with van der Waals surface area (Å²) in [6.45, 7) is 0.259. The van der Waals surface area contributed by atoms with E-state index in [1.165, 1.54) is 24.3 Å². The van der Waals surface area contributed by atoms with Crippen LogP contribution in [-0.2, 0) is 0 Å². The smallest absolute Gasteiger partial charge is 0.405 e. The number of ether oxygens (including phenoxy) is 1. The zero-order valence-electron chi connectivity index (χ0n) is 9.26. The molecule has 0 saturated carbocycles. The van der Waals surface area contributed by atoms with Crippen LogP contribution in [0.3, 0.4) is 0 Å². The van der Waals surface area contributed by atoms with Crippen LogP contribution < -0.4 is 4.74 Å². The first-order valence-corrected chi connectivity index (χ1v) is 5.05. The fraction of sp³-hybridized carbons (Fsp3) is 0.273. The van der Waals surface area contributed by atoms with Crippen molar-refractivity contribution in [3.05, 3.63) is 46.3 Å². The highest BCUT2D eigenvalue weighted by atomic mass is 19.4. The summed E-state index contributed by atoms with van der Waals surface area (Å²) >= 11 is 0. The van der Waals surface area contributed by atoms with Gasteiger partial charge in [0.05, 0.1) is 0 Å². The Kier molecular flexibility index (Phi) is 5.07. The minimum absolute atomic E-state index is 0.259. The normalized spacial score (nSPS) is 11.3. The fourth-order valence-corrected chi connectivity index (χ4v) is 1.22. The molecular weight excluding hydrogens is 247 g/mol. The molecule has 0 saturated heterocycles. The van der Waals surface area contributed by atoms with Gasteiger partial charge < -0.3 is 4.74 Å². The third-order valence-electron chi connectivity index (χ3n) is 1.90. The van der Waals surface area contributed by atoms with E-state index in [4.69, 9.17) is 5.53 Å². The molecule has 1 aromatic carbocycles. The number of hydrogen-bond acceptors (Lipinski definition) is 2. The summed E-state index contributed by atoms with van der Waals surface area (Å²) in [5.74, 6) is -0.259. The molecule has 0 atom stereocenters. The molecule has 0 aromatic heterocycles. The zero-order chi connectivity index (χ0) is 13.4. The standard InChI is InChI=1S/C11H10F3N3O/c12-11(13,14)18-10-7-2-1-5-9(10)6-3-4-8-16-17-15/h1-3,5-7H,4,8H2. The van der Waals surface area contributed by atoms with Crippen molar-refractivity contribution in [3.63, 3.8) is 0 Å². The van der Waals surface area contributed by atoms with E-state index in [9.17, 15) is 13.2 Å². The van der Waals surface area contributed by atoms with Gasteiger partial charge in [0, 0.05) is 17.0 Å². The topological polar surface area (TPSA) is 58.0 Å². The Morgan fingerprint density at radius 1 is 1.33 bits per heavy atom. The van der Waals surface area contributed by atoms with E-state index in [1.807, 2.05) is 0 Å². The van der Waals surface area contributed by atoms with E-state index in [0.717, 1.165) is 0 Å². The van der Waals surface area contributed by atoms with Crippen LogP contribution in [0, 0.1) is 0 Å². The lowest BCUT2D eigenvalue weighted by atomic mass is 10.2. The Bertz CT molecular complexity index is 465. The highest BCUT2D eigenvalue weighted by Crippen LogP contribution is 2.26. The predicted molar refractivity (Wildman–Crippen MR) is 60.8 cm³/mol. The van der Waals surface area contributed by atoms with Crippen LogP contribution in [0.1, 0.15) is 12.0 Å². The molecule has 0 aliphatic heterocycles. The first kappa shape index (κ1) is 13.9. The molecule has 0 aliphatic carbocycles. The molecule has 18 heavy (non-hydrogen) atoms. The molecule has 4 nitrogen and oxygen atoms in total. The first-order chi connectivity index (χ1) is 8.53. The van der Waals surface area contributed by atoms with Crippen LogP contribution in [0.15, 0.2) is 35.5 Å². The quantitative estimate of drug-likeness (QED) is 0.336. The lowest BCUT2D eigenvalue weighted by molar-refractivity contribution is -0.274. The number of hydrogen-bond donors (Lipinski definition) is 0. The molecule has 1 rings (SSSR count). The third kappa shape index (κ3) is 5.27. The van der Waals surface area contributed by atoms with E-state index in [0.29, 0.717) is 12.0 Å². The second-order valence-corrected chi connectivity index (χ2v) is 3.23. The molecule has 96 valence electrons.